The molecule has 0 aliphatic heterocycles. The summed E-state index contributed by atoms with van der Waals surface area (Å²) in [6.45, 7) is 3.56. The molecule has 0 saturated carbocycles. The van der Waals surface area contributed by atoms with Gasteiger partial charge < -0.3 is 9.84 Å². The summed E-state index contributed by atoms with van der Waals surface area (Å²) in [7, 11) is 0. The van der Waals surface area contributed by atoms with Crippen molar-refractivity contribution < 1.29 is 14.6 Å². The zero-order valence-corrected chi connectivity index (χ0v) is 6.05. The molecule has 0 aliphatic carbocycles. The van der Waals surface area contributed by atoms with Gasteiger partial charge in [0, 0.05) is 5.92 Å². The minimum atomic E-state index is -1.33. The SMILES string of the molecule is CC(C)C(Cl)OC(=O)O. The molecule has 0 aromatic carbocycles. The Hall–Kier alpha value is -0.440. The van der Waals surface area contributed by atoms with Crippen LogP contribution in [0.4, 0.5) is 4.79 Å². The van der Waals surface area contributed by atoms with Gasteiger partial charge in [0.25, 0.3) is 0 Å². The van der Waals surface area contributed by atoms with Crippen LogP contribution in [-0.2, 0) is 4.74 Å². The van der Waals surface area contributed by atoms with Gasteiger partial charge in [-0.3, -0.25) is 0 Å². The summed E-state index contributed by atoms with van der Waals surface area (Å²) < 4.78 is 4.19. The predicted octanol–water partition coefficient (Wildman–Crippen LogP) is 1.90. The molecule has 0 saturated heterocycles. The quantitative estimate of drug-likeness (QED) is 0.486. The van der Waals surface area contributed by atoms with E-state index in [0.29, 0.717) is 0 Å². The summed E-state index contributed by atoms with van der Waals surface area (Å²) in [5.41, 5.74) is -0.734. The van der Waals surface area contributed by atoms with Gasteiger partial charge in [0.15, 0.2) is 5.56 Å². The molecule has 1 unspecified atom stereocenters. The topological polar surface area (TPSA) is 46.5 Å². The van der Waals surface area contributed by atoms with E-state index >= 15 is 0 Å². The van der Waals surface area contributed by atoms with Gasteiger partial charge in [-0.15, -0.1) is 0 Å². The summed E-state index contributed by atoms with van der Waals surface area (Å²) in [5, 5.41) is 8.03. The Morgan fingerprint density at radius 3 is 2.22 bits per heavy atom. The summed E-state index contributed by atoms with van der Waals surface area (Å²) in [6, 6.07) is 0. The molecular weight excluding hydrogens is 144 g/mol. The summed E-state index contributed by atoms with van der Waals surface area (Å²) in [4.78, 5) is 9.81. The van der Waals surface area contributed by atoms with Crippen LogP contribution in [0, 0.1) is 5.92 Å². The molecule has 0 aliphatic rings. The summed E-state index contributed by atoms with van der Waals surface area (Å²) >= 11 is 5.41. The fourth-order valence-electron chi connectivity index (χ4n) is 0.232. The smallest absolute Gasteiger partial charge is 0.450 e. The van der Waals surface area contributed by atoms with Gasteiger partial charge in [-0.2, -0.15) is 0 Å². The van der Waals surface area contributed by atoms with Gasteiger partial charge in [-0.05, 0) is 0 Å². The lowest BCUT2D eigenvalue weighted by atomic mass is 10.2. The molecule has 0 aromatic heterocycles. The summed E-state index contributed by atoms with van der Waals surface area (Å²) in [5.74, 6) is 0.0165. The zero-order valence-electron chi connectivity index (χ0n) is 5.30. The van der Waals surface area contributed by atoms with Crippen LogP contribution in [0.15, 0.2) is 0 Å². The maximum atomic E-state index is 9.81. The number of alkyl halides is 1. The number of ether oxygens (including phenoxy) is 1. The number of rotatable bonds is 2. The third kappa shape index (κ3) is 4.09. The number of hydrogen-bond donors (Lipinski definition) is 1. The number of hydrogen-bond acceptors (Lipinski definition) is 2. The van der Waals surface area contributed by atoms with Crippen molar-refractivity contribution in [1.82, 2.24) is 0 Å². The van der Waals surface area contributed by atoms with E-state index in [0.717, 1.165) is 0 Å². The molecule has 0 radical (unpaired) electrons. The van der Waals surface area contributed by atoms with E-state index in [1.807, 2.05) is 0 Å². The molecule has 0 amide bonds. The van der Waals surface area contributed by atoms with Crippen LogP contribution in [-0.4, -0.2) is 16.8 Å². The molecule has 4 heteroatoms. The Kier molecular flexibility index (Phi) is 3.39. The van der Waals surface area contributed by atoms with Crippen molar-refractivity contribution in [3.8, 4) is 0 Å². The Morgan fingerprint density at radius 1 is 1.67 bits per heavy atom. The molecular formula is C5H9ClO3. The van der Waals surface area contributed by atoms with E-state index in [1.165, 1.54) is 0 Å². The Labute approximate surface area is 58.6 Å². The molecule has 1 N–H and O–H groups in total. The molecule has 0 rings (SSSR count). The van der Waals surface area contributed by atoms with Crippen LogP contribution in [0.2, 0.25) is 0 Å². The fraction of sp³-hybridized carbons (Fsp3) is 0.800. The van der Waals surface area contributed by atoms with Crippen molar-refractivity contribution in [2.75, 3.05) is 0 Å². The maximum absolute atomic E-state index is 9.81. The van der Waals surface area contributed by atoms with Gasteiger partial charge in [0.2, 0.25) is 0 Å². The first-order chi connectivity index (χ1) is 4.04. The van der Waals surface area contributed by atoms with Gasteiger partial charge in [0.1, 0.15) is 0 Å². The molecule has 9 heavy (non-hydrogen) atoms. The van der Waals surface area contributed by atoms with Crippen molar-refractivity contribution in [1.29, 1.82) is 0 Å². The lowest BCUT2D eigenvalue weighted by molar-refractivity contribution is 0.0658. The largest absolute Gasteiger partial charge is 0.507 e. The van der Waals surface area contributed by atoms with E-state index in [1.54, 1.807) is 13.8 Å². The van der Waals surface area contributed by atoms with Gasteiger partial charge in [0.05, 0.1) is 0 Å². The van der Waals surface area contributed by atoms with Crippen LogP contribution in [0.25, 0.3) is 0 Å². The molecule has 0 spiro atoms. The van der Waals surface area contributed by atoms with Crippen molar-refractivity contribution in [3.05, 3.63) is 0 Å². The lowest BCUT2D eigenvalue weighted by Gasteiger charge is -2.10. The minimum Gasteiger partial charge on any atom is -0.450 e. The van der Waals surface area contributed by atoms with Crippen LogP contribution >= 0.6 is 11.6 Å². The van der Waals surface area contributed by atoms with Crippen LogP contribution in [0.5, 0.6) is 0 Å². The van der Waals surface area contributed by atoms with Crippen LogP contribution in [0.1, 0.15) is 13.8 Å². The molecule has 0 aromatic rings. The zero-order chi connectivity index (χ0) is 7.44. The second-order valence-electron chi connectivity index (χ2n) is 1.98. The number of carboxylic acid groups (broad SMARTS) is 1. The maximum Gasteiger partial charge on any atom is 0.507 e. The molecule has 0 heterocycles. The first-order valence-electron chi connectivity index (χ1n) is 2.57. The Bertz CT molecular complexity index is 102. The Balaban J connectivity index is 3.50. The Morgan fingerprint density at radius 2 is 2.11 bits per heavy atom. The molecule has 0 bridgehead atoms. The molecule has 1 atom stereocenters. The molecule has 0 fully saturated rings. The first kappa shape index (κ1) is 8.56. The molecule has 3 nitrogen and oxygen atoms in total. The van der Waals surface area contributed by atoms with Gasteiger partial charge in [-0.1, -0.05) is 25.4 Å². The van der Waals surface area contributed by atoms with Gasteiger partial charge >= 0.3 is 6.16 Å². The van der Waals surface area contributed by atoms with Crippen LogP contribution in [0.3, 0.4) is 0 Å². The second kappa shape index (κ2) is 3.56. The first-order valence-corrected chi connectivity index (χ1v) is 3.01. The second-order valence-corrected chi connectivity index (χ2v) is 2.41. The predicted molar refractivity (Wildman–Crippen MR) is 33.6 cm³/mol. The third-order valence-electron chi connectivity index (χ3n) is 0.738. The van der Waals surface area contributed by atoms with E-state index in [4.69, 9.17) is 16.7 Å². The van der Waals surface area contributed by atoms with E-state index in [9.17, 15) is 4.79 Å². The number of halogens is 1. The average molecular weight is 153 g/mol. The van der Waals surface area contributed by atoms with E-state index in [2.05, 4.69) is 4.74 Å². The average Bonchev–Trinajstić information content (AvgIpc) is 1.63. The van der Waals surface area contributed by atoms with Crippen LogP contribution < -0.4 is 0 Å². The standard InChI is InChI=1S/C5H9ClO3/c1-3(2)4(6)9-5(7)8/h3-4H,1-2H3,(H,7,8). The van der Waals surface area contributed by atoms with Crippen molar-refractivity contribution in [2.45, 2.75) is 19.4 Å². The highest BCUT2D eigenvalue weighted by molar-refractivity contribution is 6.20. The van der Waals surface area contributed by atoms with Crippen molar-refractivity contribution in [2.24, 2.45) is 5.92 Å². The normalized spacial score (nSPS) is 13.3. The highest BCUT2D eigenvalue weighted by Crippen LogP contribution is 2.10. The highest BCUT2D eigenvalue weighted by Gasteiger charge is 2.12. The van der Waals surface area contributed by atoms with E-state index in [-0.39, 0.29) is 5.92 Å². The summed E-state index contributed by atoms with van der Waals surface area (Å²) in [6.07, 6.45) is -1.33. The van der Waals surface area contributed by atoms with Gasteiger partial charge in [-0.25, -0.2) is 4.79 Å². The number of carbonyl (C=O) groups is 1. The monoisotopic (exact) mass is 152 g/mol. The van der Waals surface area contributed by atoms with Crippen molar-refractivity contribution in [3.63, 3.8) is 0 Å². The lowest BCUT2D eigenvalue weighted by Crippen LogP contribution is -2.15. The fourth-order valence-corrected chi connectivity index (χ4v) is 0.309. The highest BCUT2D eigenvalue weighted by atomic mass is 35.5. The van der Waals surface area contributed by atoms with Crippen molar-refractivity contribution >= 4 is 17.8 Å². The third-order valence-corrected chi connectivity index (χ3v) is 1.33. The molecule has 54 valence electrons. The van der Waals surface area contributed by atoms with E-state index < -0.39 is 11.7 Å². The minimum absolute atomic E-state index is 0.0165.